The van der Waals surface area contributed by atoms with Crippen molar-refractivity contribution in [2.24, 2.45) is 0 Å². The SMILES string of the molecule is CC(C)N(C[C@H](Cc1ccc(O)cc1)NC(=O)OC(C)(C)C)C(C)C. The minimum Gasteiger partial charge on any atom is -0.508 e. The number of carbonyl (C=O) groups is 1. The molecule has 1 amide bonds. The minimum atomic E-state index is -0.525. The molecule has 1 aromatic rings. The molecule has 0 radical (unpaired) electrons. The van der Waals surface area contributed by atoms with Crippen LogP contribution in [0.2, 0.25) is 0 Å². The van der Waals surface area contributed by atoms with Crippen molar-refractivity contribution in [1.82, 2.24) is 10.2 Å². The summed E-state index contributed by atoms with van der Waals surface area (Å²) in [4.78, 5) is 14.6. The molecule has 25 heavy (non-hydrogen) atoms. The second-order valence-corrected chi connectivity index (χ2v) is 8.10. The lowest BCUT2D eigenvalue weighted by Gasteiger charge is -2.34. The number of ether oxygens (including phenoxy) is 1. The number of amides is 1. The maximum Gasteiger partial charge on any atom is 0.407 e. The molecule has 0 aromatic heterocycles. The van der Waals surface area contributed by atoms with Crippen molar-refractivity contribution in [3.05, 3.63) is 29.8 Å². The molecule has 5 nitrogen and oxygen atoms in total. The summed E-state index contributed by atoms with van der Waals surface area (Å²) in [5.41, 5.74) is 0.537. The van der Waals surface area contributed by atoms with Gasteiger partial charge in [-0.15, -0.1) is 0 Å². The molecule has 0 unspecified atom stereocenters. The molecule has 0 saturated heterocycles. The van der Waals surface area contributed by atoms with Gasteiger partial charge in [-0.1, -0.05) is 12.1 Å². The summed E-state index contributed by atoms with van der Waals surface area (Å²) in [7, 11) is 0. The molecular formula is C20H34N2O3. The lowest BCUT2D eigenvalue weighted by molar-refractivity contribution is 0.0477. The van der Waals surface area contributed by atoms with E-state index in [9.17, 15) is 9.90 Å². The van der Waals surface area contributed by atoms with Crippen LogP contribution in [-0.2, 0) is 11.2 Å². The number of alkyl carbamates (subject to hydrolysis) is 1. The first-order valence-corrected chi connectivity index (χ1v) is 9.01. The Morgan fingerprint density at radius 2 is 1.64 bits per heavy atom. The molecule has 2 N–H and O–H groups in total. The quantitative estimate of drug-likeness (QED) is 0.782. The maximum absolute atomic E-state index is 12.2. The Kier molecular flexibility index (Phi) is 7.74. The standard InChI is InChI=1S/C20H34N2O3/c1-14(2)22(15(3)4)13-17(21-19(24)25-20(5,6)7)12-16-8-10-18(23)11-9-16/h8-11,14-15,17,23H,12-13H2,1-7H3,(H,21,24)/t17-/m0/s1. The number of nitrogens with zero attached hydrogens (tertiary/aromatic N) is 1. The van der Waals surface area contributed by atoms with Gasteiger partial charge >= 0.3 is 6.09 Å². The molecule has 1 atom stereocenters. The van der Waals surface area contributed by atoms with Crippen LogP contribution in [0.25, 0.3) is 0 Å². The van der Waals surface area contributed by atoms with Gasteiger partial charge in [0.1, 0.15) is 11.4 Å². The third-order valence-electron chi connectivity index (χ3n) is 3.90. The monoisotopic (exact) mass is 350 g/mol. The zero-order valence-corrected chi connectivity index (χ0v) is 16.7. The number of benzene rings is 1. The predicted octanol–water partition coefficient (Wildman–Crippen LogP) is 3.95. The van der Waals surface area contributed by atoms with Gasteiger partial charge in [0, 0.05) is 24.7 Å². The van der Waals surface area contributed by atoms with Gasteiger partial charge in [-0.25, -0.2) is 4.79 Å². The number of rotatable bonds is 7. The number of aromatic hydroxyl groups is 1. The van der Waals surface area contributed by atoms with E-state index in [2.05, 4.69) is 37.9 Å². The minimum absolute atomic E-state index is 0.0795. The lowest BCUT2D eigenvalue weighted by atomic mass is 10.0. The van der Waals surface area contributed by atoms with Crippen molar-refractivity contribution in [3.63, 3.8) is 0 Å². The first-order chi connectivity index (χ1) is 11.5. The lowest BCUT2D eigenvalue weighted by Crippen LogP contribution is -2.50. The average molecular weight is 351 g/mol. The third-order valence-corrected chi connectivity index (χ3v) is 3.90. The summed E-state index contributed by atoms with van der Waals surface area (Å²) in [5, 5.41) is 12.5. The highest BCUT2D eigenvalue weighted by atomic mass is 16.6. The second kappa shape index (κ2) is 9.09. The fourth-order valence-corrected chi connectivity index (χ4v) is 2.82. The third kappa shape index (κ3) is 8.25. The van der Waals surface area contributed by atoms with Crippen LogP contribution in [0, 0.1) is 0 Å². The fraction of sp³-hybridized carbons (Fsp3) is 0.650. The van der Waals surface area contributed by atoms with Crippen molar-refractivity contribution in [1.29, 1.82) is 0 Å². The number of carbonyl (C=O) groups excluding carboxylic acids is 1. The molecule has 0 aliphatic carbocycles. The number of phenolic OH excluding ortho intramolecular Hbond substituents is 1. The largest absolute Gasteiger partial charge is 0.508 e. The van der Waals surface area contributed by atoms with Crippen molar-refractivity contribution >= 4 is 6.09 Å². The number of hydrogen-bond acceptors (Lipinski definition) is 4. The predicted molar refractivity (Wildman–Crippen MR) is 102 cm³/mol. The molecule has 0 aliphatic heterocycles. The number of phenols is 1. The van der Waals surface area contributed by atoms with Crippen molar-refractivity contribution in [2.75, 3.05) is 6.54 Å². The fourth-order valence-electron chi connectivity index (χ4n) is 2.82. The summed E-state index contributed by atoms with van der Waals surface area (Å²) in [6.07, 6.45) is 0.277. The van der Waals surface area contributed by atoms with Crippen LogP contribution in [0.5, 0.6) is 5.75 Å². The van der Waals surface area contributed by atoms with Crippen LogP contribution in [-0.4, -0.2) is 46.4 Å². The van der Waals surface area contributed by atoms with Crippen LogP contribution in [0.3, 0.4) is 0 Å². The van der Waals surface area contributed by atoms with E-state index in [0.717, 1.165) is 12.1 Å². The van der Waals surface area contributed by atoms with Crippen molar-refractivity contribution in [2.45, 2.75) is 78.6 Å². The first kappa shape index (κ1) is 21.3. The first-order valence-electron chi connectivity index (χ1n) is 9.01. The Morgan fingerprint density at radius 1 is 1.12 bits per heavy atom. The van der Waals surface area contributed by atoms with E-state index >= 15 is 0 Å². The van der Waals surface area contributed by atoms with E-state index in [1.54, 1.807) is 12.1 Å². The highest BCUT2D eigenvalue weighted by Gasteiger charge is 2.23. The zero-order chi connectivity index (χ0) is 19.2. The Morgan fingerprint density at radius 3 is 2.08 bits per heavy atom. The van der Waals surface area contributed by atoms with Gasteiger partial charge in [0.05, 0.1) is 0 Å². The van der Waals surface area contributed by atoms with Gasteiger partial charge in [-0.05, 0) is 72.6 Å². The molecule has 5 heteroatoms. The second-order valence-electron chi connectivity index (χ2n) is 8.10. The van der Waals surface area contributed by atoms with Crippen LogP contribution in [0.1, 0.15) is 54.0 Å². The molecule has 0 heterocycles. The van der Waals surface area contributed by atoms with Gasteiger partial charge in [-0.3, -0.25) is 4.90 Å². The van der Waals surface area contributed by atoms with Gasteiger partial charge in [0.2, 0.25) is 0 Å². The van der Waals surface area contributed by atoms with Gasteiger partial charge in [-0.2, -0.15) is 0 Å². The van der Waals surface area contributed by atoms with E-state index < -0.39 is 11.7 Å². The summed E-state index contributed by atoms with van der Waals surface area (Å²) < 4.78 is 5.42. The molecule has 0 saturated carbocycles. The maximum atomic E-state index is 12.2. The molecule has 142 valence electrons. The summed E-state index contributed by atoms with van der Waals surface area (Å²) in [5.74, 6) is 0.242. The Bertz CT molecular complexity index is 525. The summed E-state index contributed by atoms with van der Waals surface area (Å²) >= 11 is 0. The molecule has 1 rings (SSSR count). The highest BCUT2D eigenvalue weighted by molar-refractivity contribution is 5.68. The van der Waals surface area contributed by atoms with Gasteiger partial charge in [0.15, 0.2) is 0 Å². The van der Waals surface area contributed by atoms with E-state index in [1.807, 2.05) is 32.9 Å². The van der Waals surface area contributed by atoms with E-state index in [4.69, 9.17) is 4.74 Å². The topological polar surface area (TPSA) is 61.8 Å². The molecular weight excluding hydrogens is 316 g/mol. The number of nitrogens with one attached hydrogen (secondary N) is 1. The molecule has 0 fully saturated rings. The molecule has 0 spiro atoms. The highest BCUT2D eigenvalue weighted by Crippen LogP contribution is 2.14. The van der Waals surface area contributed by atoms with Crippen LogP contribution < -0.4 is 5.32 Å². The summed E-state index contributed by atoms with van der Waals surface area (Å²) in [6.45, 7) is 14.9. The van der Waals surface area contributed by atoms with E-state index in [-0.39, 0.29) is 11.8 Å². The molecule has 1 aromatic carbocycles. The Hall–Kier alpha value is -1.75. The molecule has 0 aliphatic rings. The Labute approximate surface area is 152 Å². The van der Waals surface area contributed by atoms with Crippen LogP contribution in [0.4, 0.5) is 4.79 Å². The van der Waals surface area contributed by atoms with Crippen LogP contribution >= 0.6 is 0 Å². The zero-order valence-electron chi connectivity index (χ0n) is 16.7. The normalized spacial score (nSPS) is 13.4. The van der Waals surface area contributed by atoms with Crippen molar-refractivity contribution < 1.29 is 14.6 Å². The Balaban J connectivity index is 2.88. The van der Waals surface area contributed by atoms with Gasteiger partial charge < -0.3 is 15.2 Å². The van der Waals surface area contributed by atoms with Crippen molar-refractivity contribution in [3.8, 4) is 5.75 Å². The number of hydrogen-bond donors (Lipinski definition) is 2. The van der Waals surface area contributed by atoms with E-state index in [1.165, 1.54) is 0 Å². The van der Waals surface area contributed by atoms with Crippen LogP contribution in [0.15, 0.2) is 24.3 Å². The van der Waals surface area contributed by atoms with Gasteiger partial charge in [0.25, 0.3) is 0 Å². The summed E-state index contributed by atoms with van der Waals surface area (Å²) in [6, 6.07) is 7.78. The van der Waals surface area contributed by atoms with E-state index in [0.29, 0.717) is 18.5 Å². The average Bonchev–Trinajstić information content (AvgIpc) is 2.44. The molecule has 0 bridgehead atoms. The smallest absolute Gasteiger partial charge is 0.407 e.